The molecule has 1 aromatic carbocycles. The minimum Gasteiger partial charge on any atom is -0.505 e. The number of H-pyrrole nitrogens is 1. The number of nitrogens with one attached hydrogen (secondary N) is 1. The molecule has 0 fully saturated rings. The molecule has 1 aromatic heterocycles. The van der Waals surface area contributed by atoms with Crippen molar-refractivity contribution in [2.24, 2.45) is 0 Å². The van der Waals surface area contributed by atoms with Gasteiger partial charge in [-0.05, 0) is 24.6 Å². The summed E-state index contributed by atoms with van der Waals surface area (Å²) in [4.78, 5) is 0. The van der Waals surface area contributed by atoms with Crippen LogP contribution in [-0.2, 0) is 0 Å². The van der Waals surface area contributed by atoms with E-state index in [0.717, 1.165) is 5.56 Å². The van der Waals surface area contributed by atoms with Crippen LogP contribution >= 0.6 is 0 Å². The van der Waals surface area contributed by atoms with Crippen molar-refractivity contribution in [1.82, 2.24) is 10.2 Å². The van der Waals surface area contributed by atoms with Gasteiger partial charge in [-0.3, -0.25) is 5.10 Å². The number of nitrogens with zero attached hydrogens (tertiary/aromatic N) is 1. The summed E-state index contributed by atoms with van der Waals surface area (Å²) in [5.74, 6) is -0.771. The van der Waals surface area contributed by atoms with Crippen LogP contribution in [0.3, 0.4) is 0 Å². The smallest absolute Gasteiger partial charge is 0.174 e. The number of nitrogens with two attached hydrogens (primary N) is 1. The van der Waals surface area contributed by atoms with E-state index in [9.17, 15) is 9.50 Å². The van der Waals surface area contributed by atoms with Gasteiger partial charge in [-0.25, -0.2) is 4.39 Å². The minimum atomic E-state index is -0.677. The second-order valence-corrected chi connectivity index (χ2v) is 3.35. The third-order valence-electron chi connectivity index (χ3n) is 2.09. The SMILES string of the molecule is Cc1cc(O)c(F)c(-c2cc(N)n[nH]2)c1. The van der Waals surface area contributed by atoms with Gasteiger partial charge in [-0.15, -0.1) is 0 Å². The zero-order valence-corrected chi connectivity index (χ0v) is 8.08. The van der Waals surface area contributed by atoms with E-state index < -0.39 is 5.82 Å². The first-order valence-corrected chi connectivity index (χ1v) is 4.38. The van der Waals surface area contributed by atoms with Crippen molar-refractivity contribution in [3.63, 3.8) is 0 Å². The van der Waals surface area contributed by atoms with Gasteiger partial charge in [0, 0.05) is 11.6 Å². The number of aromatic amines is 1. The van der Waals surface area contributed by atoms with Crippen molar-refractivity contribution in [2.45, 2.75) is 6.92 Å². The van der Waals surface area contributed by atoms with E-state index >= 15 is 0 Å². The number of aryl methyl sites for hydroxylation is 1. The van der Waals surface area contributed by atoms with Crippen molar-refractivity contribution in [3.8, 4) is 17.0 Å². The summed E-state index contributed by atoms with van der Waals surface area (Å²) in [6.45, 7) is 1.77. The van der Waals surface area contributed by atoms with Crippen molar-refractivity contribution in [1.29, 1.82) is 0 Å². The lowest BCUT2D eigenvalue weighted by Gasteiger charge is -2.03. The van der Waals surface area contributed by atoms with Crippen molar-refractivity contribution in [3.05, 3.63) is 29.6 Å². The first-order valence-electron chi connectivity index (χ1n) is 4.38. The number of benzene rings is 1. The van der Waals surface area contributed by atoms with E-state index in [-0.39, 0.29) is 17.1 Å². The molecular formula is C10H10FN3O. The number of anilines is 1. The number of aromatic hydroxyl groups is 1. The highest BCUT2D eigenvalue weighted by Gasteiger charge is 2.12. The third-order valence-corrected chi connectivity index (χ3v) is 2.09. The van der Waals surface area contributed by atoms with Crippen molar-refractivity contribution < 1.29 is 9.50 Å². The second kappa shape index (κ2) is 3.27. The van der Waals surface area contributed by atoms with Gasteiger partial charge in [0.25, 0.3) is 0 Å². The number of aromatic nitrogens is 2. The minimum absolute atomic E-state index is 0.261. The molecule has 0 amide bonds. The average Bonchev–Trinajstić information content (AvgIpc) is 2.58. The van der Waals surface area contributed by atoms with Crippen LogP contribution in [0.2, 0.25) is 0 Å². The Morgan fingerprint density at radius 3 is 2.73 bits per heavy atom. The first kappa shape index (κ1) is 9.51. The molecule has 4 N–H and O–H groups in total. The number of halogens is 1. The lowest BCUT2D eigenvalue weighted by Crippen LogP contribution is -1.87. The van der Waals surface area contributed by atoms with Gasteiger partial charge < -0.3 is 10.8 Å². The maximum atomic E-state index is 13.5. The maximum Gasteiger partial charge on any atom is 0.174 e. The van der Waals surface area contributed by atoms with E-state index in [2.05, 4.69) is 10.2 Å². The Morgan fingerprint density at radius 2 is 2.13 bits per heavy atom. The zero-order chi connectivity index (χ0) is 11.0. The van der Waals surface area contributed by atoms with Crippen LogP contribution < -0.4 is 5.73 Å². The largest absolute Gasteiger partial charge is 0.505 e. The van der Waals surface area contributed by atoms with Crippen LogP contribution in [0, 0.1) is 12.7 Å². The Labute approximate surface area is 85.6 Å². The Balaban J connectivity index is 2.62. The summed E-state index contributed by atoms with van der Waals surface area (Å²) >= 11 is 0. The monoisotopic (exact) mass is 207 g/mol. The van der Waals surface area contributed by atoms with Gasteiger partial charge in [0.15, 0.2) is 11.6 Å². The Morgan fingerprint density at radius 1 is 1.40 bits per heavy atom. The first-order chi connectivity index (χ1) is 7.08. The lowest BCUT2D eigenvalue weighted by molar-refractivity contribution is 0.433. The van der Waals surface area contributed by atoms with Crippen molar-refractivity contribution in [2.75, 3.05) is 5.73 Å². The quantitative estimate of drug-likeness (QED) is 0.667. The van der Waals surface area contributed by atoms with Crippen LogP contribution in [0.1, 0.15) is 5.56 Å². The number of nitrogen functional groups attached to an aromatic ring is 1. The van der Waals surface area contributed by atoms with E-state index in [0.29, 0.717) is 5.69 Å². The molecule has 0 radical (unpaired) electrons. The summed E-state index contributed by atoms with van der Waals surface area (Å²) in [6, 6.07) is 4.48. The summed E-state index contributed by atoms with van der Waals surface area (Å²) in [5.41, 5.74) is 6.88. The Bertz CT molecular complexity index is 507. The fourth-order valence-corrected chi connectivity index (χ4v) is 1.42. The highest BCUT2D eigenvalue weighted by atomic mass is 19.1. The Hall–Kier alpha value is -2.04. The molecule has 5 heteroatoms. The highest BCUT2D eigenvalue weighted by Crippen LogP contribution is 2.29. The highest BCUT2D eigenvalue weighted by molar-refractivity contribution is 5.65. The van der Waals surface area contributed by atoms with Gasteiger partial charge in [0.1, 0.15) is 5.82 Å². The summed E-state index contributed by atoms with van der Waals surface area (Å²) < 4.78 is 13.5. The predicted octanol–water partition coefficient (Wildman–Crippen LogP) is 1.81. The number of phenolic OH excluding ortho intramolecular Hbond substituents is 1. The predicted molar refractivity (Wildman–Crippen MR) is 54.8 cm³/mol. The molecular weight excluding hydrogens is 197 g/mol. The van der Waals surface area contributed by atoms with Gasteiger partial charge in [-0.2, -0.15) is 5.10 Å². The van der Waals surface area contributed by atoms with Gasteiger partial charge in [0.2, 0.25) is 0 Å². The van der Waals surface area contributed by atoms with Gasteiger partial charge in [0.05, 0.1) is 5.69 Å². The molecule has 0 atom stereocenters. The number of phenols is 1. The molecule has 4 nitrogen and oxygen atoms in total. The summed E-state index contributed by atoms with van der Waals surface area (Å²) in [5, 5.41) is 15.6. The molecule has 0 aliphatic heterocycles. The molecule has 0 unspecified atom stereocenters. The number of hydrogen-bond donors (Lipinski definition) is 3. The van der Waals surface area contributed by atoms with Crippen molar-refractivity contribution >= 4 is 5.82 Å². The summed E-state index contributed by atoms with van der Waals surface area (Å²) in [7, 11) is 0. The van der Waals surface area contributed by atoms with E-state index in [1.165, 1.54) is 12.1 Å². The zero-order valence-electron chi connectivity index (χ0n) is 8.08. The molecule has 0 saturated carbocycles. The topological polar surface area (TPSA) is 74.9 Å². The third kappa shape index (κ3) is 1.63. The normalized spacial score (nSPS) is 10.5. The molecule has 2 aromatic rings. The number of hydrogen-bond acceptors (Lipinski definition) is 3. The second-order valence-electron chi connectivity index (χ2n) is 3.35. The van der Waals surface area contributed by atoms with Gasteiger partial charge >= 0.3 is 0 Å². The van der Waals surface area contributed by atoms with Gasteiger partial charge in [-0.1, -0.05) is 0 Å². The van der Waals surface area contributed by atoms with Crippen LogP contribution in [0.5, 0.6) is 5.75 Å². The molecule has 0 aliphatic rings. The van der Waals surface area contributed by atoms with E-state index in [4.69, 9.17) is 5.73 Å². The lowest BCUT2D eigenvalue weighted by atomic mass is 10.1. The maximum absolute atomic E-state index is 13.5. The average molecular weight is 207 g/mol. The molecule has 0 saturated heterocycles. The number of rotatable bonds is 1. The molecule has 15 heavy (non-hydrogen) atoms. The molecule has 1 heterocycles. The fourth-order valence-electron chi connectivity index (χ4n) is 1.42. The summed E-state index contributed by atoms with van der Waals surface area (Å²) in [6.07, 6.45) is 0. The standard InChI is InChI=1S/C10H10FN3O/c1-5-2-6(10(11)8(15)3-5)7-4-9(12)14-13-7/h2-4,15H,1H3,(H3,12,13,14). The molecule has 0 aliphatic carbocycles. The van der Waals surface area contributed by atoms with E-state index in [1.54, 1.807) is 13.0 Å². The van der Waals surface area contributed by atoms with E-state index in [1.807, 2.05) is 0 Å². The molecule has 0 spiro atoms. The van der Waals surface area contributed by atoms with Crippen LogP contribution in [0.25, 0.3) is 11.3 Å². The fraction of sp³-hybridized carbons (Fsp3) is 0.100. The Kier molecular flexibility index (Phi) is 2.07. The van der Waals surface area contributed by atoms with Crippen LogP contribution in [-0.4, -0.2) is 15.3 Å². The van der Waals surface area contributed by atoms with Crippen LogP contribution in [0.4, 0.5) is 10.2 Å². The van der Waals surface area contributed by atoms with Crippen LogP contribution in [0.15, 0.2) is 18.2 Å². The molecule has 78 valence electrons. The molecule has 2 rings (SSSR count). The molecule has 0 bridgehead atoms.